The molecule has 0 aliphatic carbocycles. The molecule has 0 amide bonds. The molecule has 1 unspecified atom stereocenters. The lowest BCUT2D eigenvalue weighted by molar-refractivity contribution is 0.112. The average Bonchev–Trinajstić information content (AvgIpc) is 2.16. The normalized spacial score (nSPS) is 12.2. The lowest BCUT2D eigenvalue weighted by Crippen LogP contribution is -2.12. The van der Waals surface area contributed by atoms with Gasteiger partial charge in [0, 0.05) is 0 Å². The SMILES string of the molecule is OCC(Cl)CO.OCC(O)CCl. The highest BCUT2D eigenvalue weighted by Crippen LogP contribution is 1.88. The van der Waals surface area contributed by atoms with Crippen LogP contribution in [0, 0.1) is 0 Å². The molecule has 76 valence electrons. The third-order valence-electron chi connectivity index (χ3n) is 0.785. The van der Waals surface area contributed by atoms with Gasteiger partial charge in [-0.15, -0.1) is 23.2 Å². The van der Waals surface area contributed by atoms with Crippen LogP contribution in [0.25, 0.3) is 0 Å². The van der Waals surface area contributed by atoms with Gasteiger partial charge in [-0.25, -0.2) is 0 Å². The number of aliphatic hydroxyl groups excluding tert-OH is 4. The summed E-state index contributed by atoms with van der Waals surface area (Å²) < 4.78 is 0. The summed E-state index contributed by atoms with van der Waals surface area (Å²) in [7, 11) is 0. The van der Waals surface area contributed by atoms with E-state index in [2.05, 4.69) is 0 Å². The van der Waals surface area contributed by atoms with Gasteiger partial charge in [-0.3, -0.25) is 0 Å². The van der Waals surface area contributed by atoms with Crippen LogP contribution in [0.2, 0.25) is 0 Å². The fourth-order valence-corrected chi connectivity index (χ4v) is 0.204. The average molecular weight is 221 g/mol. The molecule has 0 aromatic heterocycles. The van der Waals surface area contributed by atoms with Crippen LogP contribution in [-0.2, 0) is 0 Å². The van der Waals surface area contributed by atoms with Gasteiger partial charge in [0.1, 0.15) is 0 Å². The maximum Gasteiger partial charge on any atom is 0.0905 e. The van der Waals surface area contributed by atoms with Crippen LogP contribution in [-0.4, -0.2) is 57.6 Å². The van der Waals surface area contributed by atoms with E-state index < -0.39 is 11.5 Å². The molecule has 0 aliphatic rings. The minimum atomic E-state index is -0.744. The van der Waals surface area contributed by atoms with Crippen molar-refractivity contribution in [2.24, 2.45) is 0 Å². The summed E-state index contributed by atoms with van der Waals surface area (Å²) in [6, 6.07) is 0. The zero-order valence-corrected chi connectivity index (χ0v) is 8.04. The third kappa shape index (κ3) is 13.0. The minimum Gasteiger partial charge on any atom is -0.395 e. The monoisotopic (exact) mass is 220 g/mol. The Morgan fingerprint density at radius 2 is 1.42 bits per heavy atom. The van der Waals surface area contributed by atoms with Crippen LogP contribution in [0.15, 0.2) is 0 Å². The van der Waals surface area contributed by atoms with Crippen molar-refractivity contribution in [3.05, 3.63) is 0 Å². The minimum absolute atomic E-state index is 0.108. The second kappa shape index (κ2) is 11.4. The molecule has 0 rings (SSSR count). The number of hydrogen-bond donors (Lipinski definition) is 4. The quantitative estimate of drug-likeness (QED) is 0.466. The molecular formula is C6H14Cl2O4. The van der Waals surface area contributed by atoms with E-state index in [9.17, 15) is 0 Å². The van der Waals surface area contributed by atoms with E-state index in [1.807, 2.05) is 0 Å². The van der Waals surface area contributed by atoms with E-state index >= 15 is 0 Å². The molecule has 4 nitrogen and oxygen atoms in total. The standard InChI is InChI=1S/2C3H7ClO2/c4-3(1-5)2-6;4-1-3(6)2-5/h2*3,5-6H,1-2H2. The number of halogens is 2. The van der Waals surface area contributed by atoms with Crippen LogP contribution in [0.1, 0.15) is 0 Å². The molecule has 0 fully saturated rings. The fraction of sp³-hybridized carbons (Fsp3) is 1.00. The lowest BCUT2D eigenvalue weighted by Gasteiger charge is -1.95. The molecule has 0 saturated heterocycles. The van der Waals surface area contributed by atoms with Crippen molar-refractivity contribution in [3.8, 4) is 0 Å². The Balaban J connectivity index is 0. The topological polar surface area (TPSA) is 80.9 Å². The first-order valence-corrected chi connectivity index (χ1v) is 4.30. The maximum absolute atomic E-state index is 8.28. The van der Waals surface area contributed by atoms with Crippen molar-refractivity contribution >= 4 is 23.2 Å². The molecule has 0 aliphatic heterocycles. The van der Waals surface area contributed by atoms with E-state index in [1.165, 1.54) is 0 Å². The first-order chi connectivity index (χ1) is 5.62. The summed E-state index contributed by atoms with van der Waals surface area (Å²) in [6.45, 7) is -0.556. The third-order valence-corrected chi connectivity index (χ3v) is 1.42. The van der Waals surface area contributed by atoms with Gasteiger partial charge in [-0.2, -0.15) is 0 Å². The summed E-state index contributed by atoms with van der Waals surface area (Å²) in [4.78, 5) is 0. The van der Waals surface area contributed by atoms with Gasteiger partial charge in [-0.1, -0.05) is 0 Å². The Morgan fingerprint density at radius 3 is 1.42 bits per heavy atom. The molecule has 1 atom stereocenters. The Labute approximate surface area is 81.4 Å². The summed E-state index contributed by atoms with van der Waals surface area (Å²) >= 11 is 10.2. The molecule has 4 N–H and O–H groups in total. The van der Waals surface area contributed by atoms with Crippen molar-refractivity contribution in [3.63, 3.8) is 0 Å². The van der Waals surface area contributed by atoms with E-state index in [0.717, 1.165) is 0 Å². The summed E-state index contributed by atoms with van der Waals surface area (Å²) in [5, 5.41) is 31.9. The van der Waals surface area contributed by atoms with Gasteiger partial charge in [0.2, 0.25) is 0 Å². The largest absolute Gasteiger partial charge is 0.395 e. The van der Waals surface area contributed by atoms with Crippen LogP contribution < -0.4 is 0 Å². The van der Waals surface area contributed by atoms with Crippen molar-refractivity contribution in [2.75, 3.05) is 25.7 Å². The van der Waals surface area contributed by atoms with Gasteiger partial charge >= 0.3 is 0 Å². The van der Waals surface area contributed by atoms with Gasteiger partial charge < -0.3 is 20.4 Å². The van der Waals surface area contributed by atoms with Gasteiger partial charge in [-0.05, 0) is 0 Å². The second-order valence-electron chi connectivity index (χ2n) is 1.95. The summed E-state index contributed by atoms with van der Waals surface area (Å²) in [6.07, 6.45) is -0.744. The van der Waals surface area contributed by atoms with Crippen molar-refractivity contribution in [1.82, 2.24) is 0 Å². The van der Waals surface area contributed by atoms with Crippen LogP contribution in [0.3, 0.4) is 0 Å². The predicted octanol–water partition coefficient (Wildman–Crippen LogP) is -0.843. The highest BCUT2D eigenvalue weighted by molar-refractivity contribution is 6.20. The van der Waals surface area contributed by atoms with Crippen LogP contribution in [0.5, 0.6) is 0 Å². The van der Waals surface area contributed by atoms with E-state index in [-0.39, 0.29) is 25.7 Å². The van der Waals surface area contributed by atoms with Crippen molar-refractivity contribution in [1.29, 1.82) is 0 Å². The molecule has 0 aromatic rings. The van der Waals surface area contributed by atoms with E-state index in [4.69, 9.17) is 43.6 Å². The number of rotatable bonds is 4. The Morgan fingerprint density at radius 1 is 1.00 bits per heavy atom. The molecule has 0 saturated carbocycles. The molecule has 6 heteroatoms. The van der Waals surface area contributed by atoms with Crippen LogP contribution >= 0.6 is 23.2 Å². The molecule has 0 radical (unpaired) electrons. The Bertz CT molecular complexity index is 65.9. The fourth-order valence-electron chi connectivity index (χ4n) is 0.107. The van der Waals surface area contributed by atoms with Crippen molar-refractivity contribution < 1.29 is 20.4 Å². The molecule has 0 spiro atoms. The molecule has 12 heavy (non-hydrogen) atoms. The van der Waals surface area contributed by atoms with Gasteiger partial charge in [0.15, 0.2) is 0 Å². The molecular weight excluding hydrogens is 207 g/mol. The zero-order chi connectivity index (χ0) is 9.98. The number of aliphatic hydroxyl groups is 4. The summed E-state index contributed by atoms with van der Waals surface area (Å²) in [5.74, 6) is 0.108. The Hall–Kier alpha value is 0.420. The van der Waals surface area contributed by atoms with E-state index in [0.29, 0.717) is 0 Å². The predicted molar refractivity (Wildman–Crippen MR) is 47.6 cm³/mol. The maximum atomic E-state index is 8.28. The van der Waals surface area contributed by atoms with E-state index in [1.54, 1.807) is 0 Å². The van der Waals surface area contributed by atoms with Crippen LogP contribution in [0.4, 0.5) is 0 Å². The second-order valence-corrected chi connectivity index (χ2v) is 2.88. The van der Waals surface area contributed by atoms with Gasteiger partial charge in [0.25, 0.3) is 0 Å². The first-order valence-electron chi connectivity index (χ1n) is 3.33. The smallest absolute Gasteiger partial charge is 0.0905 e. The highest BCUT2D eigenvalue weighted by atomic mass is 35.5. The number of hydrogen-bond acceptors (Lipinski definition) is 4. The summed E-state index contributed by atoms with van der Waals surface area (Å²) in [5.41, 5.74) is 0. The lowest BCUT2D eigenvalue weighted by atomic mass is 10.5. The van der Waals surface area contributed by atoms with Crippen molar-refractivity contribution in [2.45, 2.75) is 11.5 Å². The zero-order valence-electron chi connectivity index (χ0n) is 6.53. The highest BCUT2D eigenvalue weighted by Gasteiger charge is 1.95. The Kier molecular flexibility index (Phi) is 14.2. The first kappa shape index (κ1) is 14.9. The molecule has 0 bridgehead atoms. The molecule has 0 aromatic carbocycles. The molecule has 0 heterocycles. The van der Waals surface area contributed by atoms with Gasteiger partial charge in [0.05, 0.1) is 37.2 Å². The number of alkyl halides is 2.